The number of hydrogen-bond acceptors (Lipinski definition) is 7. The Morgan fingerprint density at radius 3 is 2.70 bits per heavy atom. The number of thioether (sulfide) groups is 1. The quantitative estimate of drug-likeness (QED) is 0.191. The van der Waals surface area contributed by atoms with Gasteiger partial charge >= 0.3 is 5.69 Å². The first-order valence-electron chi connectivity index (χ1n) is 8.89. The van der Waals surface area contributed by atoms with Crippen LogP contribution in [0.25, 0.3) is 0 Å². The van der Waals surface area contributed by atoms with Gasteiger partial charge in [-0.15, -0.1) is 0 Å². The molecule has 0 bridgehead atoms. The second-order valence-corrected chi connectivity index (χ2v) is 9.87. The molecule has 1 aliphatic rings. The summed E-state index contributed by atoms with van der Waals surface area (Å²) in [4.78, 5) is 18.4. The summed E-state index contributed by atoms with van der Waals surface area (Å²) in [6.45, 7) is 1.92. The maximum Gasteiger partial charge on any atom is 0.328 e. The van der Waals surface area contributed by atoms with E-state index in [4.69, 9.17) is 11.6 Å². The van der Waals surface area contributed by atoms with E-state index in [1.807, 2.05) is 6.92 Å². The third-order valence-corrected chi connectivity index (χ3v) is 6.96. The van der Waals surface area contributed by atoms with Crippen LogP contribution in [0.15, 0.2) is 23.4 Å². The van der Waals surface area contributed by atoms with Crippen molar-refractivity contribution >= 4 is 39.1 Å². The number of benzene rings is 1. The average molecular weight is 479 g/mol. The lowest BCUT2D eigenvalue weighted by Crippen LogP contribution is -2.29. The molecule has 3 rings (SSSR count). The molecule has 0 amide bonds. The Morgan fingerprint density at radius 1 is 1.33 bits per heavy atom. The van der Waals surface area contributed by atoms with Crippen molar-refractivity contribution in [2.45, 2.75) is 42.6 Å². The largest absolute Gasteiger partial charge is 0.328 e. The monoisotopic (exact) mass is 478 g/mol. The van der Waals surface area contributed by atoms with Gasteiger partial charge in [-0.05, 0) is 30.5 Å². The predicted octanol–water partition coefficient (Wildman–Crippen LogP) is 3.79. The van der Waals surface area contributed by atoms with Gasteiger partial charge in [0, 0.05) is 17.7 Å². The lowest BCUT2D eigenvalue weighted by Gasteiger charge is -2.09. The molecule has 162 valence electrons. The van der Waals surface area contributed by atoms with Crippen LogP contribution in [-0.4, -0.2) is 35.1 Å². The topological polar surface area (TPSA) is 115 Å². The first kappa shape index (κ1) is 22.8. The molecule has 0 saturated heterocycles. The van der Waals surface area contributed by atoms with Crippen molar-refractivity contribution in [2.75, 3.05) is 5.75 Å². The summed E-state index contributed by atoms with van der Waals surface area (Å²) in [7, 11) is -4.02. The standard InChI is InChI=1S/C17H17ClF2N4O4S2/c1-2-5-29-17-21-14(15(24(25)26)16(18)22-17)8-30(27,28)23-13-7-10(13)9-3-4-11(19)12(20)6-9/h3-4,6,10,13,23H,2,5,7-8H2,1H3/t10-,13+/m0/s1. The minimum absolute atomic E-state index is 0.156. The van der Waals surface area contributed by atoms with Crippen molar-refractivity contribution in [3.8, 4) is 0 Å². The molecular formula is C17H17ClF2N4O4S2. The number of aromatic nitrogens is 2. The molecule has 1 saturated carbocycles. The zero-order valence-corrected chi connectivity index (χ0v) is 18.0. The third kappa shape index (κ3) is 5.42. The molecule has 1 aromatic heterocycles. The average Bonchev–Trinajstić information content (AvgIpc) is 3.39. The molecular weight excluding hydrogens is 462 g/mol. The molecule has 0 spiro atoms. The van der Waals surface area contributed by atoms with E-state index in [0.717, 1.165) is 18.6 Å². The van der Waals surface area contributed by atoms with Crippen LogP contribution < -0.4 is 4.72 Å². The van der Waals surface area contributed by atoms with E-state index in [1.165, 1.54) is 17.8 Å². The fourth-order valence-electron chi connectivity index (χ4n) is 2.88. The number of sulfonamides is 1. The predicted molar refractivity (Wildman–Crippen MR) is 108 cm³/mol. The van der Waals surface area contributed by atoms with E-state index in [1.54, 1.807) is 0 Å². The highest BCUT2D eigenvalue weighted by Crippen LogP contribution is 2.42. The lowest BCUT2D eigenvalue weighted by molar-refractivity contribution is -0.386. The maximum absolute atomic E-state index is 13.4. The van der Waals surface area contributed by atoms with Crippen molar-refractivity contribution in [2.24, 2.45) is 0 Å². The van der Waals surface area contributed by atoms with E-state index in [-0.39, 0.29) is 16.8 Å². The van der Waals surface area contributed by atoms with Gasteiger partial charge in [0.05, 0.1) is 4.92 Å². The molecule has 0 unspecified atom stereocenters. The smallest absolute Gasteiger partial charge is 0.258 e. The summed E-state index contributed by atoms with van der Waals surface area (Å²) in [5.74, 6) is -2.43. The van der Waals surface area contributed by atoms with Crippen LogP contribution >= 0.6 is 23.4 Å². The number of halogens is 3. The minimum Gasteiger partial charge on any atom is -0.258 e. The van der Waals surface area contributed by atoms with Crippen LogP contribution in [0, 0.1) is 21.7 Å². The molecule has 8 nitrogen and oxygen atoms in total. The molecule has 13 heteroatoms. The SMILES string of the molecule is CCCSc1nc(Cl)c([N+](=O)[O-])c(CS(=O)(=O)N[C@@H]2C[C@H]2c2ccc(F)c(F)c2)n1. The van der Waals surface area contributed by atoms with Crippen molar-refractivity contribution in [3.63, 3.8) is 0 Å². The minimum atomic E-state index is -4.02. The molecule has 0 radical (unpaired) electrons. The summed E-state index contributed by atoms with van der Waals surface area (Å²) in [6.07, 6.45) is 1.19. The zero-order valence-electron chi connectivity index (χ0n) is 15.6. The van der Waals surface area contributed by atoms with Crippen molar-refractivity contribution in [1.29, 1.82) is 0 Å². The van der Waals surface area contributed by atoms with Crippen LogP contribution in [0.3, 0.4) is 0 Å². The third-order valence-electron chi connectivity index (χ3n) is 4.33. The van der Waals surface area contributed by atoms with E-state index in [9.17, 15) is 27.3 Å². The van der Waals surface area contributed by atoms with Crippen LogP contribution in [0.1, 0.15) is 36.9 Å². The van der Waals surface area contributed by atoms with Gasteiger partial charge in [0.2, 0.25) is 15.2 Å². The number of nitrogens with zero attached hydrogens (tertiary/aromatic N) is 3. The van der Waals surface area contributed by atoms with Crippen molar-refractivity contribution in [3.05, 3.63) is 56.4 Å². The Hall–Kier alpha value is -1.89. The second kappa shape index (κ2) is 9.08. The highest BCUT2D eigenvalue weighted by atomic mass is 35.5. The summed E-state index contributed by atoms with van der Waals surface area (Å²) in [5, 5.41) is 11.1. The molecule has 1 aromatic carbocycles. The van der Waals surface area contributed by atoms with Gasteiger partial charge in [-0.2, -0.15) is 0 Å². The van der Waals surface area contributed by atoms with E-state index in [0.29, 0.717) is 17.7 Å². The first-order chi connectivity index (χ1) is 14.1. The van der Waals surface area contributed by atoms with Gasteiger partial charge in [0.1, 0.15) is 11.4 Å². The number of nitro groups is 1. The van der Waals surface area contributed by atoms with E-state index in [2.05, 4.69) is 14.7 Å². The second-order valence-electron chi connectivity index (χ2n) is 6.70. The molecule has 2 aromatic rings. The van der Waals surface area contributed by atoms with Gasteiger partial charge in [-0.3, -0.25) is 10.1 Å². The van der Waals surface area contributed by atoms with Crippen LogP contribution in [0.5, 0.6) is 0 Å². The van der Waals surface area contributed by atoms with Crippen LogP contribution in [0.2, 0.25) is 5.15 Å². The summed E-state index contributed by atoms with van der Waals surface area (Å²) >= 11 is 7.11. The number of nitrogens with one attached hydrogen (secondary N) is 1. The van der Waals surface area contributed by atoms with Crippen LogP contribution in [0.4, 0.5) is 14.5 Å². The maximum atomic E-state index is 13.4. The van der Waals surface area contributed by atoms with Gasteiger partial charge in [0.15, 0.2) is 16.8 Å². The van der Waals surface area contributed by atoms with Gasteiger partial charge < -0.3 is 0 Å². The Morgan fingerprint density at radius 2 is 2.07 bits per heavy atom. The van der Waals surface area contributed by atoms with Crippen molar-refractivity contribution in [1.82, 2.24) is 14.7 Å². The zero-order chi connectivity index (χ0) is 22.1. The number of hydrogen-bond donors (Lipinski definition) is 1. The summed E-state index contributed by atoms with van der Waals surface area (Å²) < 4.78 is 54.1. The summed E-state index contributed by atoms with van der Waals surface area (Å²) in [5.41, 5.74) is -0.497. The Labute approximate surface area is 180 Å². The molecule has 1 N–H and O–H groups in total. The van der Waals surface area contributed by atoms with E-state index < -0.39 is 49.2 Å². The first-order valence-corrected chi connectivity index (χ1v) is 11.9. The number of rotatable bonds is 9. The molecule has 1 heterocycles. The van der Waals surface area contributed by atoms with Crippen LogP contribution in [-0.2, 0) is 15.8 Å². The molecule has 0 aliphatic heterocycles. The summed E-state index contributed by atoms with van der Waals surface area (Å²) in [6, 6.07) is 2.88. The molecule has 30 heavy (non-hydrogen) atoms. The fraction of sp³-hybridized carbons (Fsp3) is 0.412. The molecule has 2 atom stereocenters. The van der Waals surface area contributed by atoms with Gasteiger partial charge in [0.25, 0.3) is 0 Å². The van der Waals surface area contributed by atoms with E-state index >= 15 is 0 Å². The highest BCUT2D eigenvalue weighted by Gasteiger charge is 2.42. The normalized spacial score (nSPS) is 18.4. The highest BCUT2D eigenvalue weighted by molar-refractivity contribution is 7.99. The Kier molecular flexibility index (Phi) is 6.90. The molecule has 1 aliphatic carbocycles. The molecule has 1 fully saturated rings. The lowest BCUT2D eigenvalue weighted by atomic mass is 10.1. The van der Waals surface area contributed by atoms with Gasteiger partial charge in [-0.25, -0.2) is 31.9 Å². The van der Waals surface area contributed by atoms with Crippen molar-refractivity contribution < 1.29 is 22.1 Å². The Bertz CT molecular complexity index is 1090. The Balaban J connectivity index is 1.77. The van der Waals surface area contributed by atoms with Gasteiger partial charge in [-0.1, -0.05) is 36.4 Å². The fourth-order valence-corrected chi connectivity index (χ4v) is 5.27.